The van der Waals surface area contributed by atoms with Crippen LogP contribution in [0.2, 0.25) is 0 Å². The van der Waals surface area contributed by atoms with E-state index < -0.39 is 0 Å². The van der Waals surface area contributed by atoms with Crippen molar-refractivity contribution >= 4 is 32.9 Å². The van der Waals surface area contributed by atoms with Crippen molar-refractivity contribution < 1.29 is 4.79 Å². The summed E-state index contributed by atoms with van der Waals surface area (Å²) >= 11 is 3.46. The number of likely N-dealkylation sites (N-methyl/N-ethyl adjacent to an activating group) is 1. The zero-order valence-electron chi connectivity index (χ0n) is 13.9. The molecule has 0 atom stereocenters. The second-order valence-electron chi connectivity index (χ2n) is 5.58. The normalized spacial score (nSPS) is 11.0. The van der Waals surface area contributed by atoms with Gasteiger partial charge in [0.25, 0.3) is 0 Å². The first-order valence-corrected chi connectivity index (χ1v) is 8.92. The fraction of sp³-hybridized carbons (Fsp3) is 0.263. The molecule has 4 nitrogen and oxygen atoms in total. The van der Waals surface area contributed by atoms with Crippen molar-refractivity contribution in [2.75, 3.05) is 13.1 Å². The van der Waals surface area contributed by atoms with Crippen LogP contribution in [0.4, 0.5) is 0 Å². The largest absolute Gasteiger partial charge is 0.342 e. The Morgan fingerprint density at radius 3 is 2.42 bits per heavy atom. The predicted octanol–water partition coefficient (Wildman–Crippen LogP) is 4.33. The minimum atomic E-state index is 0.113. The third-order valence-electron chi connectivity index (χ3n) is 4.17. The molecule has 5 heteroatoms. The summed E-state index contributed by atoms with van der Waals surface area (Å²) in [5, 5.41) is 0. The second-order valence-corrected chi connectivity index (χ2v) is 6.50. The fourth-order valence-electron chi connectivity index (χ4n) is 2.87. The predicted molar refractivity (Wildman–Crippen MR) is 101 cm³/mol. The van der Waals surface area contributed by atoms with Crippen LogP contribution in [-0.2, 0) is 11.3 Å². The Morgan fingerprint density at radius 1 is 1.08 bits per heavy atom. The molecule has 0 aliphatic rings. The van der Waals surface area contributed by atoms with Gasteiger partial charge in [-0.2, -0.15) is 0 Å². The molecule has 0 aliphatic heterocycles. The van der Waals surface area contributed by atoms with E-state index in [1.165, 1.54) is 0 Å². The lowest BCUT2D eigenvalue weighted by molar-refractivity contribution is -0.131. The van der Waals surface area contributed by atoms with Crippen molar-refractivity contribution in [2.24, 2.45) is 0 Å². The van der Waals surface area contributed by atoms with Gasteiger partial charge in [0, 0.05) is 23.1 Å². The van der Waals surface area contributed by atoms with Crippen molar-refractivity contribution in [3.05, 3.63) is 53.0 Å². The lowest BCUT2D eigenvalue weighted by atomic mass is 10.2. The highest BCUT2D eigenvalue weighted by molar-refractivity contribution is 9.10. The molecular weight excluding hydrogens is 366 g/mol. The van der Waals surface area contributed by atoms with E-state index in [1.54, 1.807) is 0 Å². The van der Waals surface area contributed by atoms with Crippen LogP contribution < -0.4 is 0 Å². The van der Waals surface area contributed by atoms with Gasteiger partial charge in [-0.3, -0.25) is 4.79 Å². The third kappa shape index (κ3) is 3.22. The first kappa shape index (κ1) is 16.7. The zero-order valence-corrected chi connectivity index (χ0v) is 15.5. The van der Waals surface area contributed by atoms with Crippen LogP contribution >= 0.6 is 15.9 Å². The SMILES string of the molecule is CCN(CC)C(=O)Cn1c(-c2ccc(Br)cc2)nc2ccccc21. The van der Waals surface area contributed by atoms with Crippen LogP contribution in [0.15, 0.2) is 53.0 Å². The van der Waals surface area contributed by atoms with E-state index in [1.807, 2.05) is 71.8 Å². The average Bonchev–Trinajstić information content (AvgIpc) is 2.95. The number of carbonyl (C=O) groups is 1. The van der Waals surface area contributed by atoms with Crippen LogP contribution in [-0.4, -0.2) is 33.4 Å². The maximum absolute atomic E-state index is 12.6. The highest BCUT2D eigenvalue weighted by Gasteiger charge is 2.17. The molecule has 1 amide bonds. The van der Waals surface area contributed by atoms with Crippen molar-refractivity contribution in [2.45, 2.75) is 20.4 Å². The fourth-order valence-corrected chi connectivity index (χ4v) is 3.13. The Morgan fingerprint density at radius 2 is 1.75 bits per heavy atom. The molecule has 0 radical (unpaired) electrons. The smallest absolute Gasteiger partial charge is 0.242 e. The van der Waals surface area contributed by atoms with Crippen LogP contribution in [0.1, 0.15) is 13.8 Å². The van der Waals surface area contributed by atoms with Crippen molar-refractivity contribution in [3.8, 4) is 11.4 Å². The number of hydrogen-bond donors (Lipinski definition) is 0. The van der Waals surface area contributed by atoms with Crippen molar-refractivity contribution in [3.63, 3.8) is 0 Å². The first-order chi connectivity index (χ1) is 11.6. The monoisotopic (exact) mass is 385 g/mol. The summed E-state index contributed by atoms with van der Waals surface area (Å²) in [4.78, 5) is 19.2. The maximum Gasteiger partial charge on any atom is 0.242 e. The van der Waals surface area contributed by atoms with E-state index >= 15 is 0 Å². The first-order valence-electron chi connectivity index (χ1n) is 8.13. The van der Waals surface area contributed by atoms with Crippen molar-refractivity contribution in [1.82, 2.24) is 14.5 Å². The standard InChI is InChI=1S/C19H20BrN3O/c1-3-22(4-2)18(24)13-23-17-8-6-5-7-16(17)21-19(23)14-9-11-15(20)12-10-14/h5-12H,3-4,13H2,1-2H3. The molecule has 2 aromatic carbocycles. The number of fused-ring (bicyclic) bond motifs is 1. The number of aromatic nitrogens is 2. The number of nitrogens with zero attached hydrogens (tertiary/aromatic N) is 3. The van der Waals surface area contributed by atoms with Crippen LogP contribution in [0.25, 0.3) is 22.4 Å². The lowest BCUT2D eigenvalue weighted by Crippen LogP contribution is -2.33. The topological polar surface area (TPSA) is 38.1 Å². The van der Waals surface area contributed by atoms with Gasteiger partial charge in [-0.05, 0) is 38.1 Å². The molecule has 0 fully saturated rings. The molecule has 0 aliphatic carbocycles. The number of carbonyl (C=O) groups excluding carboxylic acids is 1. The number of rotatable bonds is 5. The quantitative estimate of drug-likeness (QED) is 0.655. The molecule has 0 N–H and O–H groups in total. The molecular formula is C19H20BrN3O. The maximum atomic E-state index is 12.6. The summed E-state index contributed by atoms with van der Waals surface area (Å²) < 4.78 is 3.03. The number of para-hydroxylation sites is 2. The van der Waals surface area contributed by atoms with Gasteiger partial charge in [0.2, 0.25) is 5.91 Å². The van der Waals surface area contributed by atoms with Crippen LogP contribution in [0.5, 0.6) is 0 Å². The Bertz CT molecular complexity index is 851. The number of halogens is 1. The summed E-state index contributed by atoms with van der Waals surface area (Å²) in [6, 6.07) is 16.0. The van der Waals surface area contributed by atoms with E-state index in [2.05, 4.69) is 15.9 Å². The molecule has 0 unspecified atom stereocenters. The van der Waals surface area contributed by atoms with Gasteiger partial charge in [-0.25, -0.2) is 4.98 Å². The summed E-state index contributed by atoms with van der Waals surface area (Å²) in [6.45, 7) is 5.74. The molecule has 1 heterocycles. The summed E-state index contributed by atoms with van der Waals surface area (Å²) in [5.41, 5.74) is 2.89. The van der Waals surface area contributed by atoms with Gasteiger partial charge in [0.1, 0.15) is 12.4 Å². The highest BCUT2D eigenvalue weighted by Crippen LogP contribution is 2.26. The number of hydrogen-bond acceptors (Lipinski definition) is 2. The van der Waals surface area contributed by atoms with Crippen LogP contribution in [0, 0.1) is 0 Å². The molecule has 0 bridgehead atoms. The van der Waals surface area contributed by atoms with Gasteiger partial charge >= 0.3 is 0 Å². The highest BCUT2D eigenvalue weighted by atomic mass is 79.9. The summed E-state index contributed by atoms with van der Waals surface area (Å²) in [6.07, 6.45) is 0. The molecule has 124 valence electrons. The number of imidazole rings is 1. The molecule has 3 rings (SSSR count). The Hall–Kier alpha value is -2.14. The number of amides is 1. The van der Waals surface area contributed by atoms with Gasteiger partial charge in [0.15, 0.2) is 0 Å². The Kier molecular flexibility index (Phi) is 5.00. The Balaban J connectivity index is 2.08. The van der Waals surface area contributed by atoms with Gasteiger partial charge in [-0.15, -0.1) is 0 Å². The summed E-state index contributed by atoms with van der Waals surface area (Å²) in [7, 11) is 0. The number of benzene rings is 2. The van der Waals surface area contributed by atoms with E-state index in [4.69, 9.17) is 4.98 Å². The minimum absolute atomic E-state index is 0.113. The summed E-state index contributed by atoms with van der Waals surface area (Å²) in [5.74, 6) is 0.936. The molecule has 0 saturated heterocycles. The lowest BCUT2D eigenvalue weighted by Gasteiger charge is -2.20. The third-order valence-corrected chi connectivity index (χ3v) is 4.70. The van der Waals surface area contributed by atoms with E-state index in [0.29, 0.717) is 6.54 Å². The molecule has 3 aromatic rings. The second kappa shape index (κ2) is 7.18. The molecule has 0 spiro atoms. The molecule has 1 aromatic heterocycles. The van der Waals surface area contributed by atoms with Gasteiger partial charge < -0.3 is 9.47 Å². The molecule has 0 saturated carbocycles. The molecule has 24 heavy (non-hydrogen) atoms. The van der Waals surface area contributed by atoms with E-state index in [0.717, 1.165) is 40.0 Å². The van der Waals surface area contributed by atoms with Gasteiger partial charge in [-0.1, -0.05) is 40.2 Å². The van der Waals surface area contributed by atoms with Crippen molar-refractivity contribution in [1.29, 1.82) is 0 Å². The Labute approximate surface area is 150 Å². The van der Waals surface area contributed by atoms with E-state index in [-0.39, 0.29) is 5.91 Å². The average molecular weight is 386 g/mol. The van der Waals surface area contributed by atoms with Crippen LogP contribution in [0.3, 0.4) is 0 Å². The van der Waals surface area contributed by atoms with E-state index in [9.17, 15) is 4.79 Å². The van der Waals surface area contributed by atoms with Gasteiger partial charge in [0.05, 0.1) is 11.0 Å². The minimum Gasteiger partial charge on any atom is -0.342 e. The zero-order chi connectivity index (χ0) is 17.1.